The lowest BCUT2D eigenvalue weighted by atomic mass is 9.92. The molecule has 0 radical (unpaired) electrons. The van der Waals surface area contributed by atoms with Crippen molar-refractivity contribution in [1.82, 2.24) is 4.98 Å². The van der Waals surface area contributed by atoms with Crippen LogP contribution < -0.4 is 10.5 Å². The van der Waals surface area contributed by atoms with Crippen LogP contribution in [0.4, 0.5) is 13.2 Å². The van der Waals surface area contributed by atoms with Gasteiger partial charge in [-0.2, -0.15) is 13.2 Å². The lowest BCUT2D eigenvalue weighted by molar-refractivity contribution is -0.165. The van der Waals surface area contributed by atoms with Crippen molar-refractivity contribution < 1.29 is 22.7 Å². The number of pyridine rings is 1. The van der Waals surface area contributed by atoms with Gasteiger partial charge in [-0.1, -0.05) is 6.92 Å². The molecule has 0 saturated heterocycles. The number of halogens is 3. The number of hydrogen-bond acceptors (Lipinski definition) is 4. The van der Waals surface area contributed by atoms with Crippen LogP contribution in [-0.2, 0) is 0 Å². The third-order valence-corrected chi connectivity index (χ3v) is 2.51. The van der Waals surface area contributed by atoms with Gasteiger partial charge in [0.2, 0.25) is 0 Å². The van der Waals surface area contributed by atoms with Crippen LogP contribution in [0.1, 0.15) is 30.6 Å². The Bertz CT molecular complexity index is 459. The smallest absolute Gasteiger partial charge is 0.413 e. The SMILES string of the molecule is CCCOc1cncc(C(=O)C(C)(N)C(F)(F)F)c1. The Hall–Kier alpha value is -1.63. The van der Waals surface area contributed by atoms with Crippen molar-refractivity contribution in [2.24, 2.45) is 5.73 Å². The van der Waals surface area contributed by atoms with Gasteiger partial charge in [0.1, 0.15) is 5.75 Å². The van der Waals surface area contributed by atoms with Gasteiger partial charge in [-0.3, -0.25) is 9.78 Å². The molecule has 0 saturated carbocycles. The quantitative estimate of drug-likeness (QED) is 0.838. The summed E-state index contributed by atoms with van der Waals surface area (Å²) in [6, 6.07) is 1.21. The third-order valence-electron chi connectivity index (χ3n) is 2.51. The summed E-state index contributed by atoms with van der Waals surface area (Å²) in [5, 5.41) is 0. The Balaban J connectivity index is 3.00. The average molecular weight is 276 g/mol. The summed E-state index contributed by atoms with van der Waals surface area (Å²) in [5.41, 5.74) is 1.90. The Morgan fingerprint density at radius 1 is 1.42 bits per heavy atom. The molecule has 1 aromatic heterocycles. The molecule has 0 aliphatic rings. The van der Waals surface area contributed by atoms with Crippen LogP contribution in [0.3, 0.4) is 0 Å². The second-order valence-electron chi connectivity index (χ2n) is 4.29. The van der Waals surface area contributed by atoms with Gasteiger partial charge < -0.3 is 10.5 Å². The highest BCUT2D eigenvalue weighted by Gasteiger charge is 2.53. The predicted octanol–water partition coefficient (Wildman–Crippen LogP) is 2.33. The van der Waals surface area contributed by atoms with Gasteiger partial charge in [0.15, 0.2) is 11.3 Å². The van der Waals surface area contributed by atoms with E-state index in [9.17, 15) is 18.0 Å². The number of alkyl halides is 3. The molecular formula is C12H15F3N2O2. The van der Waals surface area contributed by atoms with E-state index in [4.69, 9.17) is 10.5 Å². The van der Waals surface area contributed by atoms with Gasteiger partial charge in [-0.25, -0.2) is 0 Å². The Morgan fingerprint density at radius 2 is 2.05 bits per heavy atom. The summed E-state index contributed by atoms with van der Waals surface area (Å²) in [4.78, 5) is 15.5. The fraction of sp³-hybridized carbons (Fsp3) is 0.500. The minimum atomic E-state index is -4.83. The van der Waals surface area contributed by atoms with Crippen LogP contribution in [0.5, 0.6) is 5.75 Å². The van der Waals surface area contributed by atoms with Crippen molar-refractivity contribution in [3.63, 3.8) is 0 Å². The van der Waals surface area contributed by atoms with Crippen molar-refractivity contribution >= 4 is 5.78 Å². The number of rotatable bonds is 5. The monoisotopic (exact) mass is 276 g/mol. The molecule has 0 aliphatic carbocycles. The molecule has 1 rings (SSSR count). The molecule has 19 heavy (non-hydrogen) atoms. The number of nitrogens with two attached hydrogens (primary N) is 1. The number of hydrogen-bond donors (Lipinski definition) is 1. The molecule has 2 N–H and O–H groups in total. The average Bonchev–Trinajstić information content (AvgIpc) is 2.34. The highest BCUT2D eigenvalue weighted by molar-refractivity contribution is 6.03. The molecule has 1 aromatic rings. The van der Waals surface area contributed by atoms with Crippen LogP contribution in [0.15, 0.2) is 18.5 Å². The minimum Gasteiger partial charge on any atom is -0.492 e. The molecule has 1 atom stereocenters. The number of ether oxygens (including phenoxy) is 1. The van der Waals surface area contributed by atoms with E-state index >= 15 is 0 Å². The van der Waals surface area contributed by atoms with Gasteiger partial charge in [0.05, 0.1) is 12.8 Å². The van der Waals surface area contributed by atoms with Gasteiger partial charge in [-0.15, -0.1) is 0 Å². The molecule has 0 spiro atoms. The van der Waals surface area contributed by atoms with Crippen molar-refractivity contribution in [1.29, 1.82) is 0 Å². The van der Waals surface area contributed by atoms with E-state index < -0.39 is 17.5 Å². The van der Waals surface area contributed by atoms with Crippen LogP contribution in [0.2, 0.25) is 0 Å². The summed E-state index contributed by atoms with van der Waals surface area (Å²) in [7, 11) is 0. The lowest BCUT2D eigenvalue weighted by Gasteiger charge is -2.25. The van der Waals surface area contributed by atoms with Crippen molar-refractivity contribution in [3.05, 3.63) is 24.0 Å². The van der Waals surface area contributed by atoms with Gasteiger partial charge in [0, 0.05) is 11.8 Å². The first-order chi connectivity index (χ1) is 8.70. The zero-order valence-corrected chi connectivity index (χ0v) is 10.6. The predicted molar refractivity (Wildman–Crippen MR) is 63.0 cm³/mol. The number of Topliss-reactive ketones (excluding diaryl/α,β-unsaturated/α-hetero) is 1. The van der Waals surface area contributed by atoms with E-state index in [2.05, 4.69) is 4.98 Å². The van der Waals surface area contributed by atoms with Gasteiger partial charge >= 0.3 is 6.18 Å². The molecule has 1 unspecified atom stereocenters. The molecular weight excluding hydrogens is 261 g/mol. The number of nitrogens with zero attached hydrogens (tertiary/aromatic N) is 1. The van der Waals surface area contributed by atoms with E-state index in [1.165, 1.54) is 12.3 Å². The second-order valence-corrected chi connectivity index (χ2v) is 4.29. The Kier molecular flexibility index (Phi) is 4.52. The highest BCUT2D eigenvalue weighted by atomic mass is 19.4. The topological polar surface area (TPSA) is 65.2 Å². The maximum Gasteiger partial charge on any atom is 0.413 e. The maximum absolute atomic E-state index is 12.7. The van der Waals surface area contributed by atoms with Gasteiger partial charge in [0.25, 0.3) is 0 Å². The highest BCUT2D eigenvalue weighted by Crippen LogP contribution is 2.31. The molecule has 0 bridgehead atoms. The van der Waals surface area contributed by atoms with Crippen LogP contribution in [0.25, 0.3) is 0 Å². The van der Waals surface area contributed by atoms with E-state index in [1.54, 1.807) is 0 Å². The van der Waals surface area contributed by atoms with E-state index in [1.807, 2.05) is 6.92 Å². The zero-order valence-electron chi connectivity index (χ0n) is 10.6. The van der Waals surface area contributed by atoms with E-state index in [-0.39, 0.29) is 11.3 Å². The van der Waals surface area contributed by atoms with Crippen LogP contribution in [0, 0.1) is 0 Å². The maximum atomic E-state index is 12.7. The van der Waals surface area contributed by atoms with E-state index in [0.29, 0.717) is 13.5 Å². The van der Waals surface area contributed by atoms with E-state index in [0.717, 1.165) is 12.6 Å². The molecule has 0 fully saturated rings. The summed E-state index contributed by atoms with van der Waals surface area (Å²) >= 11 is 0. The molecule has 0 aliphatic heterocycles. The molecule has 4 nitrogen and oxygen atoms in total. The zero-order chi connectivity index (χ0) is 14.7. The molecule has 0 amide bonds. The summed E-state index contributed by atoms with van der Waals surface area (Å²) < 4.78 is 43.2. The first-order valence-electron chi connectivity index (χ1n) is 5.68. The standard InChI is InChI=1S/C12H15F3N2O2/c1-3-4-19-9-5-8(6-17-7-9)10(18)11(2,16)12(13,14)15/h5-7H,3-4,16H2,1-2H3. The number of carbonyl (C=O) groups excluding carboxylic acids is 1. The fourth-order valence-electron chi connectivity index (χ4n) is 1.27. The minimum absolute atomic E-state index is 0.226. The Morgan fingerprint density at radius 3 is 2.58 bits per heavy atom. The van der Waals surface area contributed by atoms with Crippen molar-refractivity contribution in [3.8, 4) is 5.75 Å². The lowest BCUT2D eigenvalue weighted by Crippen LogP contribution is -2.57. The normalized spacial score (nSPS) is 14.8. The molecule has 7 heteroatoms. The number of ketones is 1. The first-order valence-corrected chi connectivity index (χ1v) is 5.68. The Labute approximate surface area is 108 Å². The first kappa shape index (κ1) is 15.4. The third kappa shape index (κ3) is 3.44. The molecule has 1 heterocycles. The van der Waals surface area contributed by atoms with Crippen LogP contribution >= 0.6 is 0 Å². The number of carbonyl (C=O) groups is 1. The second kappa shape index (κ2) is 5.56. The summed E-state index contributed by atoms with van der Waals surface area (Å²) in [6.07, 6.45) is -1.73. The van der Waals surface area contributed by atoms with Gasteiger partial charge in [-0.05, 0) is 19.4 Å². The van der Waals surface area contributed by atoms with Crippen molar-refractivity contribution in [2.45, 2.75) is 32.0 Å². The van der Waals surface area contributed by atoms with Crippen molar-refractivity contribution in [2.75, 3.05) is 6.61 Å². The molecule has 0 aromatic carbocycles. The molecule has 106 valence electrons. The van der Waals surface area contributed by atoms with Crippen LogP contribution in [-0.4, -0.2) is 29.1 Å². The fourth-order valence-corrected chi connectivity index (χ4v) is 1.27. The summed E-state index contributed by atoms with van der Waals surface area (Å²) in [5.74, 6) is -1.000. The number of aromatic nitrogens is 1. The summed E-state index contributed by atoms with van der Waals surface area (Å²) in [6.45, 7) is 2.90. The largest absolute Gasteiger partial charge is 0.492 e.